The van der Waals surface area contributed by atoms with Crippen LogP contribution < -0.4 is 0 Å². The highest BCUT2D eigenvalue weighted by Crippen LogP contribution is 2.14. The van der Waals surface area contributed by atoms with Crippen molar-refractivity contribution >= 4 is 17.9 Å². The van der Waals surface area contributed by atoms with Crippen molar-refractivity contribution in [2.75, 3.05) is 13.2 Å². The summed E-state index contributed by atoms with van der Waals surface area (Å²) in [5.41, 5.74) is 0. The summed E-state index contributed by atoms with van der Waals surface area (Å²) < 4.78 is 16.9. The van der Waals surface area contributed by atoms with Gasteiger partial charge in [-0.3, -0.25) is 14.4 Å². The maximum atomic E-state index is 13.0. The second kappa shape index (κ2) is 69.3. The summed E-state index contributed by atoms with van der Waals surface area (Å²) in [6.45, 7) is 6.35. The van der Waals surface area contributed by atoms with Gasteiger partial charge in [-0.15, -0.1) is 0 Å². The Bertz CT molecular complexity index is 1890. The van der Waals surface area contributed by atoms with E-state index in [-0.39, 0.29) is 31.1 Å². The van der Waals surface area contributed by atoms with E-state index < -0.39 is 6.10 Å². The molecule has 0 aliphatic carbocycles. The summed E-state index contributed by atoms with van der Waals surface area (Å²) in [4.78, 5) is 38.4. The molecule has 0 spiro atoms. The van der Waals surface area contributed by atoms with Gasteiger partial charge < -0.3 is 14.2 Å². The van der Waals surface area contributed by atoms with Crippen LogP contribution in [0.2, 0.25) is 0 Å². The van der Waals surface area contributed by atoms with Gasteiger partial charge in [-0.1, -0.05) is 274 Å². The predicted molar refractivity (Wildman–Crippen MR) is 361 cm³/mol. The van der Waals surface area contributed by atoms with Crippen molar-refractivity contribution in [3.63, 3.8) is 0 Å². The van der Waals surface area contributed by atoms with E-state index in [0.29, 0.717) is 19.3 Å². The fourth-order valence-corrected chi connectivity index (χ4v) is 8.71. The predicted octanol–water partition coefficient (Wildman–Crippen LogP) is 23.4. The maximum Gasteiger partial charge on any atom is 0.306 e. The smallest absolute Gasteiger partial charge is 0.306 e. The molecular weight excluding hydrogens is 1020 g/mol. The van der Waals surface area contributed by atoms with Crippen LogP contribution in [0.5, 0.6) is 0 Å². The molecule has 6 nitrogen and oxygen atoms in total. The normalized spacial score (nSPS) is 13.2. The summed E-state index contributed by atoms with van der Waals surface area (Å²) in [6.07, 6.45) is 102. The molecule has 0 saturated heterocycles. The maximum absolute atomic E-state index is 13.0. The van der Waals surface area contributed by atoms with Crippen molar-refractivity contribution in [1.82, 2.24) is 0 Å². The summed E-state index contributed by atoms with van der Waals surface area (Å²) in [5, 5.41) is 0. The van der Waals surface area contributed by atoms with Gasteiger partial charge in [0.05, 0.1) is 0 Å². The minimum atomic E-state index is -0.817. The van der Waals surface area contributed by atoms with E-state index in [1.54, 1.807) is 0 Å². The second-order valence-electron chi connectivity index (χ2n) is 21.6. The molecule has 1 unspecified atom stereocenters. The molecular formula is C77H122O6. The molecule has 0 aliphatic heterocycles. The van der Waals surface area contributed by atoms with Crippen LogP contribution in [-0.2, 0) is 28.6 Å². The fraction of sp³-hybridized carbons (Fsp3) is 0.597. The molecule has 0 rings (SSSR count). The van der Waals surface area contributed by atoms with Crippen molar-refractivity contribution in [2.45, 2.75) is 284 Å². The number of ether oxygens (including phenoxy) is 3. The van der Waals surface area contributed by atoms with Gasteiger partial charge >= 0.3 is 17.9 Å². The molecule has 0 amide bonds. The van der Waals surface area contributed by atoms with Crippen molar-refractivity contribution in [1.29, 1.82) is 0 Å². The molecule has 0 saturated carbocycles. The summed E-state index contributed by atoms with van der Waals surface area (Å²) in [5.74, 6) is -0.971. The number of allylic oxidation sites excluding steroid dienone is 28. The second-order valence-corrected chi connectivity index (χ2v) is 21.6. The number of hydrogen-bond acceptors (Lipinski definition) is 6. The minimum absolute atomic E-state index is 0.110. The molecule has 0 aromatic heterocycles. The Morgan fingerprint density at radius 3 is 0.747 bits per heavy atom. The van der Waals surface area contributed by atoms with Gasteiger partial charge in [0, 0.05) is 19.3 Å². The zero-order valence-corrected chi connectivity index (χ0v) is 53.4. The highest BCUT2D eigenvalue weighted by Gasteiger charge is 2.19. The number of esters is 3. The average molecular weight is 1140 g/mol. The molecule has 1 atom stereocenters. The molecule has 83 heavy (non-hydrogen) atoms. The van der Waals surface area contributed by atoms with Crippen LogP contribution in [0.3, 0.4) is 0 Å². The third-order valence-corrected chi connectivity index (χ3v) is 13.7. The van der Waals surface area contributed by atoms with Gasteiger partial charge in [-0.25, -0.2) is 0 Å². The van der Waals surface area contributed by atoms with Crippen LogP contribution in [0.1, 0.15) is 278 Å². The van der Waals surface area contributed by atoms with Gasteiger partial charge in [-0.2, -0.15) is 0 Å². The van der Waals surface area contributed by atoms with Gasteiger partial charge in [0.1, 0.15) is 13.2 Å². The minimum Gasteiger partial charge on any atom is -0.462 e. The van der Waals surface area contributed by atoms with Gasteiger partial charge in [0.15, 0.2) is 6.10 Å². The quantitative estimate of drug-likeness (QED) is 0.0261. The summed E-state index contributed by atoms with van der Waals surface area (Å²) in [7, 11) is 0. The molecule has 0 aromatic rings. The molecule has 6 heteroatoms. The Morgan fingerprint density at radius 2 is 0.470 bits per heavy atom. The highest BCUT2D eigenvalue weighted by molar-refractivity contribution is 5.71. The summed E-state index contributed by atoms with van der Waals surface area (Å²) >= 11 is 0. The topological polar surface area (TPSA) is 78.9 Å². The molecule has 0 fully saturated rings. The molecule has 0 heterocycles. The lowest BCUT2D eigenvalue weighted by atomic mass is 10.1. The molecule has 0 bridgehead atoms. The van der Waals surface area contributed by atoms with E-state index >= 15 is 0 Å². The van der Waals surface area contributed by atoms with E-state index in [0.717, 1.165) is 173 Å². The van der Waals surface area contributed by atoms with Crippen LogP contribution in [0.4, 0.5) is 0 Å². The lowest BCUT2D eigenvalue weighted by Crippen LogP contribution is -2.30. The standard InChI is InChI=1S/C77H122O6/c1-4-7-10-13-16-19-22-25-28-31-34-36-37-38-39-41-43-46-49-52-55-58-61-64-67-70-76(79)82-73-74(72-81-75(78)69-66-63-60-57-54-51-48-45-42-33-30-27-24-21-18-15-12-9-6-3)83-77(80)71-68-65-62-59-56-53-50-47-44-40-35-32-29-26-23-20-17-14-11-8-5-2/h7,9-10,12,16,18-19,21,23,25-28,30,32,34-36,38-39,42-47,52,55,74H,4-6,8,11,13-15,17,20,22,24,29,31,33,37,40-41,48-51,53-54,56-73H2,1-3H3/b10-7-,12-9-,19-16-,21-18-,26-23-,28-25-,30-27-,35-32-,36-34-,39-38-,45-42-,46-43-,47-44-,55-52-. The number of rotatable bonds is 59. The lowest BCUT2D eigenvalue weighted by molar-refractivity contribution is -0.167. The zero-order chi connectivity index (χ0) is 59.9. The van der Waals surface area contributed by atoms with Crippen molar-refractivity contribution in [2.24, 2.45) is 0 Å². The van der Waals surface area contributed by atoms with Crippen LogP contribution in [0, 0.1) is 0 Å². The Hall–Kier alpha value is -5.23. The third-order valence-electron chi connectivity index (χ3n) is 13.7. The van der Waals surface area contributed by atoms with Crippen molar-refractivity contribution in [3.05, 3.63) is 170 Å². The number of hydrogen-bond donors (Lipinski definition) is 0. The number of carbonyl (C=O) groups is 3. The highest BCUT2D eigenvalue weighted by atomic mass is 16.6. The van der Waals surface area contributed by atoms with E-state index in [1.807, 2.05) is 0 Å². The van der Waals surface area contributed by atoms with E-state index in [9.17, 15) is 14.4 Å². The van der Waals surface area contributed by atoms with Crippen LogP contribution >= 0.6 is 0 Å². The largest absolute Gasteiger partial charge is 0.462 e. The Labute approximate surface area is 511 Å². The molecule has 0 N–H and O–H groups in total. The molecule has 466 valence electrons. The van der Waals surface area contributed by atoms with Crippen LogP contribution in [0.15, 0.2) is 170 Å². The fourth-order valence-electron chi connectivity index (χ4n) is 8.71. The molecule has 0 aliphatic rings. The summed E-state index contributed by atoms with van der Waals surface area (Å²) in [6, 6.07) is 0. The molecule has 0 aromatic carbocycles. The lowest BCUT2D eigenvalue weighted by Gasteiger charge is -2.18. The van der Waals surface area contributed by atoms with Crippen molar-refractivity contribution in [3.8, 4) is 0 Å². The van der Waals surface area contributed by atoms with Crippen LogP contribution in [-0.4, -0.2) is 37.2 Å². The first-order valence-electron chi connectivity index (χ1n) is 33.6. The van der Waals surface area contributed by atoms with E-state index in [1.165, 1.54) is 64.2 Å². The Balaban J connectivity index is 4.54. The Morgan fingerprint density at radius 1 is 0.253 bits per heavy atom. The average Bonchev–Trinajstić information content (AvgIpc) is 3.50. The SMILES string of the molecule is CC/C=C\C/C=C\C/C=C\C/C=C\C/C=C\C/C=C\C/C=C\CCCCCC(=O)OCC(COC(=O)CCCCCCCC/C=C\C/C=C\C/C=C\C/C=C\CC)OC(=O)CCCCCCCC/C=C\C/C=C\C/C=C\CCCCCCC. The van der Waals surface area contributed by atoms with Gasteiger partial charge in [0.25, 0.3) is 0 Å². The van der Waals surface area contributed by atoms with E-state index in [2.05, 4.69) is 191 Å². The van der Waals surface area contributed by atoms with Crippen molar-refractivity contribution < 1.29 is 28.6 Å². The van der Waals surface area contributed by atoms with Gasteiger partial charge in [0.2, 0.25) is 0 Å². The first kappa shape index (κ1) is 77.8. The Kier molecular flexibility index (Phi) is 64.9. The monoisotopic (exact) mass is 1140 g/mol. The van der Waals surface area contributed by atoms with Crippen LogP contribution in [0.25, 0.3) is 0 Å². The van der Waals surface area contributed by atoms with Gasteiger partial charge in [-0.05, 0) is 154 Å². The first-order chi connectivity index (χ1) is 41.0. The first-order valence-corrected chi connectivity index (χ1v) is 33.6. The van der Waals surface area contributed by atoms with E-state index in [4.69, 9.17) is 14.2 Å². The molecule has 0 radical (unpaired) electrons. The number of carbonyl (C=O) groups excluding carboxylic acids is 3. The zero-order valence-electron chi connectivity index (χ0n) is 53.4. The number of unbranched alkanes of at least 4 members (excludes halogenated alkanes) is 20. The third kappa shape index (κ3) is 67.4.